The molecule has 11 aromatic carbocycles. The van der Waals surface area contributed by atoms with E-state index in [-0.39, 0.29) is 14.5 Å². The Morgan fingerprint density at radius 2 is 0.684 bits per heavy atom. The van der Waals surface area contributed by atoms with E-state index in [4.69, 9.17) is 0 Å². The maximum absolute atomic E-state index is 2.49. The van der Waals surface area contributed by atoms with Gasteiger partial charge in [-0.2, -0.15) is 0 Å². The summed E-state index contributed by atoms with van der Waals surface area (Å²) in [7, 11) is 0. The van der Waals surface area contributed by atoms with E-state index in [0.717, 1.165) is 0 Å². The minimum absolute atomic E-state index is 0.157. The average molecular weight is 786 g/mol. The Hall–Kier alpha value is -6.76. The van der Waals surface area contributed by atoms with Gasteiger partial charge >= 0.3 is 320 Å². The Morgan fingerprint density at radius 3 is 1.26 bits per heavy atom. The zero-order valence-electron chi connectivity index (χ0n) is 31.0. The van der Waals surface area contributed by atoms with Crippen LogP contribution in [0.1, 0.15) is 0 Å². The van der Waals surface area contributed by atoms with Gasteiger partial charge < -0.3 is 0 Å². The molecular weight excluding hydrogens is 752 g/mol. The molecule has 0 saturated heterocycles. The van der Waals surface area contributed by atoms with Crippen LogP contribution in [-0.4, -0.2) is 14.5 Å². The molecule has 12 aromatic rings. The standard InChI is InChI=1S/C56H34Se/c1-2-16-36(17-3-1)52-44-23-10-12-25-46(44)55(47-26-13-11-24-45(47)52)49-28-14-27-48-50-34-39(31-32-51(50)57-56(48)49)54-42-21-8-6-19-40(42)53(41-20-7-9-22-43(41)54)38-30-29-35-15-4-5-18-37(35)33-38/h1-34H. The van der Waals surface area contributed by atoms with Gasteiger partial charge in [0.05, 0.1) is 0 Å². The van der Waals surface area contributed by atoms with Crippen molar-refractivity contribution in [1.82, 2.24) is 0 Å². The molecule has 264 valence electrons. The van der Waals surface area contributed by atoms with Gasteiger partial charge in [0.25, 0.3) is 0 Å². The quantitative estimate of drug-likeness (QED) is 0.123. The molecule has 0 aliphatic rings. The van der Waals surface area contributed by atoms with Crippen molar-refractivity contribution in [2.75, 3.05) is 0 Å². The van der Waals surface area contributed by atoms with E-state index in [1.807, 2.05) is 0 Å². The van der Waals surface area contributed by atoms with Crippen LogP contribution in [0.3, 0.4) is 0 Å². The summed E-state index contributed by atoms with van der Waals surface area (Å²) in [6.45, 7) is 0. The van der Waals surface area contributed by atoms with Crippen molar-refractivity contribution in [3.63, 3.8) is 0 Å². The molecule has 0 aliphatic carbocycles. The van der Waals surface area contributed by atoms with E-state index in [0.29, 0.717) is 0 Å². The Labute approximate surface area is 336 Å². The Kier molecular flexibility index (Phi) is 7.35. The Morgan fingerprint density at radius 1 is 0.246 bits per heavy atom. The van der Waals surface area contributed by atoms with E-state index in [2.05, 4.69) is 206 Å². The molecule has 0 nitrogen and oxygen atoms in total. The SMILES string of the molecule is c1ccc(-c2c3ccccc3c(-c3cccc4c3[se]c3ccc(-c5c6ccccc6c(-c6ccc7ccccc7c6)c6ccccc56)cc34)c3ccccc23)cc1. The summed E-state index contributed by atoms with van der Waals surface area (Å²) < 4.78 is 2.92. The van der Waals surface area contributed by atoms with Crippen LogP contribution in [0.2, 0.25) is 0 Å². The van der Waals surface area contributed by atoms with Crippen LogP contribution >= 0.6 is 0 Å². The third-order valence-electron chi connectivity index (χ3n) is 12.0. The molecule has 57 heavy (non-hydrogen) atoms. The van der Waals surface area contributed by atoms with Crippen LogP contribution in [0.4, 0.5) is 0 Å². The van der Waals surface area contributed by atoms with Gasteiger partial charge in [-0.05, 0) is 0 Å². The number of hydrogen-bond donors (Lipinski definition) is 0. The van der Waals surface area contributed by atoms with Crippen molar-refractivity contribution < 1.29 is 0 Å². The summed E-state index contributed by atoms with van der Waals surface area (Å²) in [5, 5.41) is 15.6. The Balaban J connectivity index is 1.10. The number of fused-ring (bicyclic) bond motifs is 8. The second kappa shape index (κ2) is 12.9. The zero-order chi connectivity index (χ0) is 37.5. The van der Waals surface area contributed by atoms with E-state index >= 15 is 0 Å². The number of benzene rings is 11. The summed E-state index contributed by atoms with van der Waals surface area (Å²) in [5.41, 5.74) is 10.4. The summed E-state index contributed by atoms with van der Waals surface area (Å²) in [4.78, 5) is 0. The predicted octanol–water partition coefficient (Wildman–Crippen LogP) is 15.5. The predicted molar refractivity (Wildman–Crippen MR) is 248 cm³/mol. The molecular formula is C56H34Se. The molecule has 0 unspecified atom stereocenters. The molecule has 0 amide bonds. The first-order valence-electron chi connectivity index (χ1n) is 19.7. The van der Waals surface area contributed by atoms with Crippen LogP contribution in [0.15, 0.2) is 206 Å². The van der Waals surface area contributed by atoms with Crippen molar-refractivity contribution >= 4 is 87.7 Å². The minimum atomic E-state index is 0.157. The van der Waals surface area contributed by atoms with Crippen molar-refractivity contribution in [2.24, 2.45) is 0 Å². The van der Waals surface area contributed by atoms with Crippen molar-refractivity contribution in [2.45, 2.75) is 0 Å². The van der Waals surface area contributed by atoms with Crippen molar-refractivity contribution in [1.29, 1.82) is 0 Å². The molecule has 0 fully saturated rings. The third-order valence-corrected chi connectivity index (χ3v) is 14.6. The fourth-order valence-electron chi connectivity index (χ4n) is 9.58. The second-order valence-electron chi connectivity index (χ2n) is 15.1. The molecule has 0 saturated carbocycles. The molecule has 0 bridgehead atoms. The normalized spacial score (nSPS) is 11.9. The van der Waals surface area contributed by atoms with Gasteiger partial charge in [-0.15, -0.1) is 0 Å². The number of rotatable bonds is 4. The van der Waals surface area contributed by atoms with Gasteiger partial charge in [0, 0.05) is 0 Å². The monoisotopic (exact) mass is 786 g/mol. The number of hydrogen-bond acceptors (Lipinski definition) is 0. The van der Waals surface area contributed by atoms with E-state index in [9.17, 15) is 0 Å². The van der Waals surface area contributed by atoms with Gasteiger partial charge in [0.1, 0.15) is 0 Å². The summed E-state index contributed by atoms with van der Waals surface area (Å²) in [6.07, 6.45) is 0. The van der Waals surface area contributed by atoms with Gasteiger partial charge in [-0.3, -0.25) is 0 Å². The first-order chi connectivity index (χ1) is 28.3. The van der Waals surface area contributed by atoms with Gasteiger partial charge in [-0.25, -0.2) is 0 Å². The molecule has 1 aromatic heterocycles. The fraction of sp³-hybridized carbons (Fsp3) is 0. The topological polar surface area (TPSA) is 0 Å². The molecule has 0 radical (unpaired) electrons. The van der Waals surface area contributed by atoms with E-state index < -0.39 is 0 Å². The van der Waals surface area contributed by atoms with Crippen LogP contribution < -0.4 is 0 Å². The molecule has 12 rings (SSSR count). The maximum atomic E-state index is 2.49. The zero-order valence-corrected chi connectivity index (χ0v) is 32.8. The summed E-state index contributed by atoms with van der Waals surface area (Å²) >= 11 is 0.157. The molecule has 1 heteroatoms. The van der Waals surface area contributed by atoms with E-state index in [1.165, 1.54) is 118 Å². The molecule has 0 atom stereocenters. The van der Waals surface area contributed by atoms with Crippen LogP contribution in [0.25, 0.3) is 118 Å². The first-order valence-corrected chi connectivity index (χ1v) is 21.4. The van der Waals surface area contributed by atoms with Gasteiger partial charge in [-0.1, -0.05) is 18.2 Å². The fourth-order valence-corrected chi connectivity index (χ4v) is 12.1. The van der Waals surface area contributed by atoms with Gasteiger partial charge in [0.2, 0.25) is 0 Å². The second-order valence-corrected chi connectivity index (χ2v) is 17.3. The molecule has 0 spiro atoms. The molecule has 1 heterocycles. The van der Waals surface area contributed by atoms with Crippen LogP contribution in [0, 0.1) is 0 Å². The molecule has 0 aliphatic heterocycles. The van der Waals surface area contributed by atoms with Crippen LogP contribution in [-0.2, 0) is 0 Å². The van der Waals surface area contributed by atoms with Crippen LogP contribution in [0.5, 0.6) is 0 Å². The van der Waals surface area contributed by atoms with Crippen molar-refractivity contribution in [3.8, 4) is 44.5 Å². The summed E-state index contributed by atoms with van der Waals surface area (Å²) in [6, 6.07) is 76.9. The Bertz CT molecular complexity index is 3460. The van der Waals surface area contributed by atoms with Gasteiger partial charge in [0.15, 0.2) is 0 Å². The van der Waals surface area contributed by atoms with Crippen molar-refractivity contribution in [3.05, 3.63) is 206 Å². The first kappa shape index (κ1) is 32.5. The third kappa shape index (κ3) is 5.00. The van der Waals surface area contributed by atoms with E-state index in [1.54, 1.807) is 0 Å². The molecule has 0 N–H and O–H groups in total. The average Bonchev–Trinajstić information content (AvgIpc) is 3.66. The summed E-state index contributed by atoms with van der Waals surface area (Å²) in [5.74, 6) is 0.